The first-order valence-corrected chi connectivity index (χ1v) is 8.76. The quantitative estimate of drug-likeness (QED) is 0.805. The Balaban J connectivity index is 1.80. The molecule has 2 unspecified atom stereocenters. The van der Waals surface area contributed by atoms with Crippen molar-refractivity contribution in [2.75, 3.05) is 18.9 Å². The van der Waals surface area contributed by atoms with E-state index in [0.717, 1.165) is 17.7 Å². The van der Waals surface area contributed by atoms with Gasteiger partial charge in [-0.1, -0.05) is 32.0 Å². The van der Waals surface area contributed by atoms with Crippen LogP contribution in [0.2, 0.25) is 0 Å². The smallest absolute Gasteiger partial charge is 0.227 e. The molecule has 132 valence electrons. The van der Waals surface area contributed by atoms with E-state index in [1.807, 2.05) is 31.3 Å². The summed E-state index contributed by atoms with van der Waals surface area (Å²) in [7, 11) is 1.81. The minimum absolute atomic E-state index is 0.0194. The van der Waals surface area contributed by atoms with Crippen LogP contribution in [0, 0.1) is 11.8 Å². The fourth-order valence-electron chi connectivity index (χ4n) is 2.94. The van der Waals surface area contributed by atoms with E-state index in [-0.39, 0.29) is 23.8 Å². The number of nitrogens with zero attached hydrogens (tertiary/aromatic N) is 1. The minimum Gasteiger partial charge on any atom is -0.346 e. The van der Waals surface area contributed by atoms with Crippen molar-refractivity contribution in [2.24, 2.45) is 17.6 Å². The van der Waals surface area contributed by atoms with Crippen LogP contribution in [0.3, 0.4) is 0 Å². The number of hydrogen-bond donors (Lipinski definition) is 2. The summed E-state index contributed by atoms with van der Waals surface area (Å²) < 4.78 is 0. The summed E-state index contributed by atoms with van der Waals surface area (Å²) in [5.74, 6) is 0.387. The van der Waals surface area contributed by atoms with Crippen LogP contribution in [-0.4, -0.2) is 36.3 Å². The lowest BCUT2D eigenvalue weighted by Crippen LogP contribution is -2.35. The molecular weight excluding hydrogens is 302 g/mol. The molecule has 0 radical (unpaired) electrons. The van der Waals surface area contributed by atoms with Crippen LogP contribution in [0.5, 0.6) is 0 Å². The van der Waals surface area contributed by atoms with Crippen molar-refractivity contribution in [3.63, 3.8) is 0 Å². The molecule has 1 heterocycles. The molecule has 1 aliphatic rings. The van der Waals surface area contributed by atoms with Crippen LogP contribution in [0.15, 0.2) is 24.3 Å². The number of fused-ring (bicyclic) bond motifs is 1. The number of benzene rings is 1. The monoisotopic (exact) mass is 331 g/mol. The highest BCUT2D eigenvalue weighted by Crippen LogP contribution is 2.27. The number of hydrogen-bond acceptors (Lipinski definition) is 3. The standard InChI is InChI=1S/C19H29N3O2/c1-13(2)16(20)10-11-22(3)18(23)9-8-15-12-14-6-4-5-7-17(14)21-19(15)24/h4-7,13,15-16H,8-12,20H2,1-3H3,(H,21,24). The number of amides is 2. The zero-order valence-electron chi connectivity index (χ0n) is 14.9. The van der Waals surface area contributed by atoms with Crippen molar-refractivity contribution in [1.82, 2.24) is 4.90 Å². The number of rotatable bonds is 7. The Morgan fingerprint density at radius 3 is 2.79 bits per heavy atom. The van der Waals surface area contributed by atoms with E-state index >= 15 is 0 Å². The van der Waals surface area contributed by atoms with Crippen LogP contribution >= 0.6 is 0 Å². The maximum atomic E-state index is 12.3. The van der Waals surface area contributed by atoms with E-state index in [1.165, 1.54) is 0 Å². The van der Waals surface area contributed by atoms with Gasteiger partial charge in [0, 0.05) is 37.7 Å². The molecule has 1 aromatic carbocycles. The number of para-hydroxylation sites is 1. The third-order valence-electron chi connectivity index (χ3n) is 4.90. The zero-order valence-corrected chi connectivity index (χ0v) is 14.9. The molecule has 24 heavy (non-hydrogen) atoms. The van der Waals surface area contributed by atoms with E-state index < -0.39 is 0 Å². The Bertz CT molecular complexity index is 586. The van der Waals surface area contributed by atoms with Gasteiger partial charge in [0.1, 0.15) is 0 Å². The highest BCUT2D eigenvalue weighted by Gasteiger charge is 2.26. The van der Waals surface area contributed by atoms with Gasteiger partial charge in [-0.15, -0.1) is 0 Å². The zero-order chi connectivity index (χ0) is 17.7. The first-order chi connectivity index (χ1) is 11.4. The molecule has 1 aliphatic heterocycles. The lowest BCUT2D eigenvalue weighted by molar-refractivity contribution is -0.130. The van der Waals surface area contributed by atoms with Crippen molar-refractivity contribution in [3.05, 3.63) is 29.8 Å². The van der Waals surface area contributed by atoms with Gasteiger partial charge in [0.2, 0.25) is 11.8 Å². The van der Waals surface area contributed by atoms with Crippen molar-refractivity contribution in [3.8, 4) is 0 Å². The summed E-state index contributed by atoms with van der Waals surface area (Å²) in [5, 5.41) is 2.94. The van der Waals surface area contributed by atoms with Gasteiger partial charge in [-0.25, -0.2) is 0 Å². The second-order valence-corrected chi connectivity index (χ2v) is 7.10. The lowest BCUT2D eigenvalue weighted by atomic mass is 9.89. The molecule has 5 heteroatoms. The van der Waals surface area contributed by atoms with Crippen LogP contribution in [-0.2, 0) is 16.0 Å². The van der Waals surface area contributed by atoms with E-state index in [4.69, 9.17) is 5.73 Å². The third kappa shape index (κ3) is 4.81. The van der Waals surface area contributed by atoms with E-state index in [9.17, 15) is 9.59 Å². The molecule has 0 saturated heterocycles. The molecule has 2 amide bonds. The molecule has 0 saturated carbocycles. The summed E-state index contributed by atoms with van der Waals surface area (Å²) in [6.07, 6.45) is 2.49. The number of carbonyl (C=O) groups is 2. The second kappa shape index (κ2) is 8.29. The average molecular weight is 331 g/mol. The SMILES string of the molecule is CC(C)C(N)CCN(C)C(=O)CCC1Cc2ccccc2NC1=O. The van der Waals surface area contributed by atoms with E-state index in [1.54, 1.807) is 4.90 Å². The topological polar surface area (TPSA) is 75.4 Å². The fourth-order valence-corrected chi connectivity index (χ4v) is 2.94. The predicted molar refractivity (Wildman–Crippen MR) is 96.6 cm³/mol. The van der Waals surface area contributed by atoms with E-state index in [2.05, 4.69) is 19.2 Å². The molecule has 0 bridgehead atoms. The Hall–Kier alpha value is -1.88. The maximum absolute atomic E-state index is 12.3. The molecule has 2 rings (SSSR count). The van der Waals surface area contributed by atoms with Crippen molar-refractivity contribution in [2.45, 2.75) is 45.6 Å². The van der Waals surface area contributed by atoms with Crippen LogP contribution < -0.4 is 11.1 Å². The highest BCUT2D eigenvalue weighted by molar-refractivity contribution is 5.96. The van der Waals surface area contributed by atoms with Crippen molar-refractivity contribution < 1.29 is 9.59 Å². The van der Waals surface area contributed by atoms with Gasteiger partial charge in [-0.3, -0.25) is 9.59 Å². The molecule has 0 spiro atoms. The largest absolute Gasteiger partial charge is 0.346 e. The molecule has 3 N–H and O–H groups in total. The molecule has 0 aromatic heterocycles. The van der Waals surface area contributed by atoms with Gasteiger partial charge in [0.25, 0.3) is 0 Å². The third-order valence-corrected chi connectivity index (χ3v) is 4.90. The fraction of sp³-hybridized carbons (Fsp3) is 0.579. The van der Waals surface area contributed by atoms with E-state index in [0.29, 0.717) is 31.7 Å². The maximum Gasteiger partial charge on any atom is 0.227 e. The number of anilines is 1. The minimum atomic E-state index is -0.129. The molecule has 0 aliphatic carbocycles. The summed E-state index contributed by atoms with van der Waals surface area (Å²) in [5.41, 5.74) is 8.07. The number of nitrogens with two attached hydrogens (primary N) is 1. The van der Waals surface area contributed by atoms with Gasteiger partial charge in [0.15, 0.2) is 0 Å². The molecule has 2 atom stereocenters. The summed E-state index contributed by atoms with van der Waals surface area (Å²) in [4.78, 5) is 26.2. The molecule has 5 nitrogen and oxygen atoms in total. The Morgan fingerprint density at radius 1 is 1.38 bits per heavy atom. The van der Waals surface area contributed by atoms with Crippen molar-refractivity contribution >= 4 is 17.5 Å². The Morgan fingerprint density at radius 2 is 2.08 bits per heavy atom. The first kappa shape index (κ1) is 18.5. The van der Waals surface area contributed by atoms with Gasteiger partial charge >= 0.3 is 0 Å². The molecule has 0 fully saturated rings. The van der Waals surface area contributed by atoms with Crippen LogP contribution in [0.1, 0.15) is 38.7 Å². The van der Waals surface area contributed by atoms with Crippen LogP contribution in [0.25, 0.3) is 0 Å². The number of carbonyl (C=O) groups excluding carboxylic acids is 2. The van der Waals surface area contributed by atoms with Gasteiger partial charge in [-0.2, -0.15) is 0 Å². The predicted octanol–water partition coefficient (Wildman–Crippen LogP) is 2.41. The Labute approximate surface area is 144 Å². The Kier molecular flexibility index (Phi) is 6.37. The second-order valence-electron chi connectivity index (χ2n) is 7.10. The summed E-state index contributed by atoms with van der Waals surface area (Å²) in [6, 6.07) is 7.95. The average Bonchev–Trinajstić information content (AvgIpc) is 2.56. The summed E-state index contributed by atoms with van der Waals surface area (Å²) in [6.45, 7) is 4.84. The van der Waals surface area contributed by atoms with Gasteiger partial charge in [-0.05, 0) is 36.8 Å². The van der Waals surface area contributed by atoms with Gasteiger partial charge in [0.05, 0.1) is 0 Å². The van der Waals surface area contributed by atoms with Crippen LogP contribution in [0.4, 0.5) is 5.69 Å². The number of nitrogens with one attached hydrogen (secondary N) is 1. The van der Waals surface area contributed by atoms with Crippen molar-refractivity contribution in [1.29, 1.82) is 0 Å². The first-order valence-electron chi connectivity index (χ1n) is 8.76. The highest BCUT2D eigenvalue weighted by atomic mass is 16.2. The lowest BCUT2D eigenvalue weighted by Gasteiger charge is -2.25. The van der Waals surface area contributed by atoms with Gasteiger partial charge < -0.3 is 16.0 Å². The molecule has 1 aromatic rings. The normalized spacial score (nSPS) is 18.0. The molecular formula is C19H29N3O2. The summed E-state index contributed by atoms with van der Waals surface area (Å²) >= 11 is 0.